The van der Waals surface area contributed by atoms with E-state index in [0.29, 0.717) is 0 Å². The van der Waals surface area contributed by atoms with Crippen molar-refractivity contribution in [1.82, 2.24) is 0 Å². The molecule has 50 valence electrons. The van der Waals surface area contributed by atoms with Crippen LogP contribution >= 0.6 is 0 Å². The lowest BCUT2D eigenvalue weighted by atomic mass is 9.78. The maximum atomic E-state index is 6.83. The molecule has 0 aromatic carbocycles. The first-order valence-corrected chi connectivity index (χ1v) is 3.58. The van der Waals surface area contributed by atoms with Crippen LogP contribution in [0, 0.1) is 11.3 Å². The van der Waals surface area contributed by atoms with Crippen molar-refractivity contribution in [3.63, 3.8) is 0 Å². The van der Waals surface area contributed by atoms with Crippen LogP contribution in [0.3, 0.4) is 0 Å². The van der Waals surface area contributed by atoms with Crippen LogP contribution in [0.5, 0.6) is 0 Å². The summed E-state index contributed by atoms with van der Waals surface area (Å²) in [6.07, 6.45) is 7.17. The van der Waals surface area contributed by atoms with Gasteiger partial charge in [-0.2, -0.15) is 0 Å². The van der Waals surface area contributed by atoms with Gasteiger partial charge in [0.2, 0.25) is 0 Å². The number of hydrogen-bond donors (Lipinski definition) is 1. The second-order valence-corrected chi connectivity index (χ2v) is 2.55. The summed E-state index contributed by atoms with van der Waals surface area (Å²) < 4.78 is 0. The minimum absolute atomic E-state index is 0.812. The normalized spacial score (nSPS) is 29.9. The van der Waals surface area contributed by atoms with E-state index in [-0.39, 0.29) is 0 Å². The van der Waals surface area contributed by atoms with Crippen molar-refractivity contribution in [1.29, 1.82) is 5.41 Å². The van der Waals surface area contributed by atoms with Crippen molar-refractivity contribution in [3.8, 4) is 0 Å². The first kappa shape index (κ1) is 6.53. The number of rotatable bonds is 2. The average Bonchev–Trinajstić information content (AvgIpc) is 1.82. The van der Waals surface area contributed by atoms with Crippen molar-refractivity contribution in [2.24, 2.45) is 5.92 Å². The van der Waals surface area contributed by atoms with Gasteiger partial charge in [0.15, 0.2) is 0 Å². The number of nitrogens with one attached hydrogen (secondary N) is 1. The van der Waals surface area contributed by atoms with Crippen molar-refractivity contribution >= 4 is 6.21 Å². The van der Waals surface area contributed by atoms with Gasteiger partial charge in [-0.1, -0.05) is 12.5 Å². The Hall–Kier alpha value is -0.590. The molecule has 0 saturated heterocycles. The summed E-state index contributed by atoms with van der Waals surface area (Å²) in [6.45, 7) is 2.21. The molecular weight excluding hydrogens is 110 g/mol. The van der Waals surface area contributed by atoms with Crippen molar-refractivity contribution in [2.75, 3.05) is 0 Å². The minimum atomic E-state index is 0.812. The predicted octanol–water partition coefficient (Wildman–Crippen LogP) is 2.38. The van der Waals surface area contributed by atoms with Gasteiger partial charge in [-0.25, -0.2) is 0 Å². The summed E-state index contributed by atoms with van der Waals surface area (Å²) in [6, 6.07) is 0. The monoisotopic (exact) mass is 123 g/mol. The molecule has 1 atom stereocenters. The summed E-state index contributed by atoms with van der Waals surface area (Å²) >= 11 is 0. The summed E-state index contributed by atoms with van der Waals surface area (Å²) in [5, 5.41) is 6.83. The first-order valence-electron chi connectivity index (χ1n) is 3.58. The van der Waals surface area contributed by atoms with Crippen LogP contribution in [0.1, 0.15) is 26.2 Å². The standard InChI is InChI=1S/C8H13N/c1-2-7-3-4-8(7)5-6-9/h5-7,9H,2-4H2,1H3/b8-5-,9-6?. The lowest BCUT2D eigenvalue weighted by Gasteiger charge is -2.28. The molecule has 1 aliphatic carbocycles. The molecule has 0 amide bonds. The zero-order valence-corrected chi connectivity index (χ0v) is 5.85. The highest BCUT2D eigenvalue weighted by Gasteiger charge is 2.20. The predicted molar refractivity (Wildman–Crippen MR) is 39.9 cm³/mol. The van der Waals surface area contributed by atoms with Crippen molar-refractivity contribution < 1.29 is 0 Å². The van der Waals surface area contributed by atoms with E-state index in [9.17, 15) is 0 Å². The third-order valence-electron chi connectivity index (χ3n) is 2.10. The molecule has 1 heteroatoms. The molecule has 9 heavy (non-hydrogen) atoms. The molecule has 0 bridgehead atoms. The van der Waals surface area contributed by atoms with Gasteiger partial charge in [0, 0.05) is 6.21 Å². The zero-order valence-electron chi connectivity index (χ0n) is 5.85. The molecular formula is C8H13N. The number of allylic oxidation sites excluding steroid dienone is 2. The molecule has 1 fully saturated rings. The van der Waals surface area contributed by atoms with Crippen LogP contribution < -0.4 is 0 Å². The van der Waals surface area contributed by atoms with E-state index < -0.39 is 0 Å². The van der Waals surface area contributed by atoms with Gasteiger partial charge >= 0.3 is 0 Å². The van der Waals surface area contributed by atoms with Crippen LogP contribution in [0.4, 0.5) is 0 Å². The third kappa shape index (κ3) is 1.21. The number of hydrogen-bond acceptors (Lipinski definition) is 1. The fourth-order valence-electron chi connectivity index (χ4n) is 1.31. The van der Waals surface area contributed by atoms with E-state index >= 15 is 0 Å². The summed E-state index contributed by atoms with van der Waals surface area (Å²) in [5.74, 6) is 0.812. The second-order valence-electron chi connectivity index (χ2n) is 2.55. The van der Waals surface area contributed by atoms with E-state index in [0.717, 1.165) is 5.92 Å². The Morgan fingerprint density at radius 3 is 2.89 bits per heavy atom. The summed E-state index contributed by atoms with van der Waals surface area (Å²) in [5.41, 5.74) is 1.48. The summed E-state index contributed by atoms with van der Waals surface area (Å²) in [4.78, 5) is 0. The topological polar surface area (TPSA) is 23.9 Å². The Morgan fingerprint density at radius 1 is 1.78 bits per heavy atom. The lowest BCUT2D eigenvalue weighted by molar-refractivity contribution is 0.431. The van der Waals surface area contributed by atoms with Gasteiger partial charge in [0.25, 0.3) is 0 Å². The molecule has 1 saturated carbocycles. The molecule has 1 rings (SSSR count). The maximum Gasteiger partial charge on any atom is 0.0177 e. The van der Waals surface area contributed by atoms with Crippen LogP contribution in [0.25, 0.3) is 0 Å². The highest BCUT2D eigenvalue weighted by Crippen LogP contribution is 2.35. The van der Waals surface area contributed by atoms with Gasteiger partial charge in [0.1, 0.15) is 0 Å². The Balaban J connectivity index is 2.43. The van der Waals surface area contributed by atoms with E-state index in [2.05, 4.69) is 6.92 Å². The molecule has 0 aromatic heterocycles. The Morgan fingerprint density at radius 2 is 2.56 bits per heavy atom. The van der Waals surface area contributed by atoms with E-state index in [1.807, 2.05) is 6.08 Å². The molecule has 1 aliphatic rings. The van der Waals surface area contributed by atoms with Crippen LogP contribution in [0.15, 0.2) is 11.6 Å². The van der Waals surface area contributed by atoms with E-state index in [1.165, 1.54) is 31.1 Å². The fraction of sp³-hybridized carbons (Fsp3) is 0.625. The molecule has 0 heterocycles. The molecule has 0 spiro atoms. The van der Waals surface area contributed by atoms with E-state index in [1.54, 1.807) is 0 Å². The lowest BCUT2D eigenvalue weighted by Crippen LogP contribution is -2.14. The highest BCUT2D eigenvalue weighted by atomic mass is 14.3. The Labute approximate surface area is 56.3 Å². The van der Waals surface area contributed by atoms with Crippen LogP contribution in [0.2, 0.25) is 0 Å². The first-order chi connectivity index (χ1) is 4.38. The Kier molecular flexibility index (Phi) is 2.04. The SMILES string of the molecule is CCC1CC/C1=C/C=N. The van der Waals surface area contributed by atoms with Gasteiger partial charge < -0.3 is 5.41 Å². The average molecular weight is 123 g/mol. The van der Waals surface area contributed by atoms with Gasteiger partial charge in [-0.05, 0) is 31.3 Å². The van der Waals surface area contributed by atoms with Gasteiger partial charge in [-0.15, -0.1) is 0 Å². The van der Waals surface area contributed by atoms with Gasteiger partial charge in [-0.3, -0.25) is 0 Å². The zero-order chi connectivity index (χ0) is 6.69. The van der Waals surface area contributed by atoms with Gasteiger partial charge in [0.05, 0.1) is 0 Å². The minimum Gasteiger partial charge on any atom is -0.309 e. The smallest absolute Gasteiger partial charge is 0.0177 e. The molecule has 1 unspecified atom stereocenters. The van der Waals surface area contributed by atoms with Crippen molar-refractivity contribution in [2.45, 2.75) is 26.2 Å². The highest BCUT2D eigenvalue weighted by molar-refractivity contribution is 5.69. The third-order valence-corrected chi connectivity index (χ3v) is 2.10. The largest absolute Gasteiger partial charge is 0.309 e. The van der Waals surface area contributed by atoms with Crippen molar-refractivity contribution in [3.05, 3.63) is 11.6 Å². The molecule has 0 aromatic rings. The maximum absolute atomic E-state index is 6.83. The molecule has 0 aliphatic heterocycles. The Bertz CT molecular complexity index is 134. The molecule has 1 N–H and O–H groups in total. The van der Waals surface area contributed by atoms with Crippen LogP contribution in [-0.4, -0.2) is 6.21 Å². The summed E-state index contributed by atoms with van der Waals surface area (Å²) in [7, 11) is 0. The second kappa shape index (κ2) is 2.81. The molecule has 0 radical (unpaired) electrons. The quantitative estimate of drug-likeness (QED) is 0.545. The molecule has 1 nitrogen and oxygen atoms in total. The van der Waals surface area contributed by atoms with Crippen LogP contribution in [-0.2, 0) is 0 Å². The fourth-order valence-corrected chi connectivity index (χ4v) is 1.31. The van der Waals surface area contributed by atoms with E-state index in [4.69, 9.17) is 5.41 Å².